The lowest BCUT2D eigenvalue weighted by Crippen LogP contribution is -2.55. The molecule has 6 nitrogen and oxygen atoms in total. The van der Waals surface area contributed by atoms with E-state index in [1.54, 1.807) is 11.1 Å². The van der Waals surface area contributed by atoms with Gasteiger partial charge >= 0.3 is 0 Å². The van der Waals surface area contributed by atoms with E-state index in [9.17, 15) is 9.59 Å². The van der Waals surface area contributed by atoms with Crippen LogP contribution in [-0.2, 0) is 16.0 Å². The fraction of sp³-hybridized carbons (Fsp3) is 0.350. The molecule has 0 N–H and O–H groups in total. The van der Waals surface area contributed by atoms with Gasteiger partial charge in [-0.05, 0) is 23.8 Å². The molecule has 3 heterocycles. The first-order valence-corrected chi connectivity index (χ1v) is 8.97. The molecule has 1 saturated heterocycles. The van der Waals surface area contributed by atoms with Gasteiger partial charge in [-0.3, -0.25) is 14.5 Å². The second-order valence-electron chi connectivity index (χ2n) is 6.74. The van der Waals surface area contributed by atoms with Crippen molar-refractivity contribution in [2.24, 2.45) is 0 Å². The molecule has 0 saturated carbocycles. The van der Waals surface area contributed by atoms with Crippen molar-refractivity contribution in [1.29, 1.82) is 0 Å². The summed E-state index contributed by atoms with van der Waals surface area (Å²) in [4.78, 5) is 35.4. The summed E-state index contributed by atoms with van der Waals surface area (Å²) in [5.41, 5.74) is 1.93. The normalized spacial score (nSPS) is 19.4. The summed E-state index contributed by atoms with van der Waals surface area (Å²) < 4.78 is 0. The maximum atomic E-state index is 13.1. The van der Waals surface area contributed by atoms with Gasteiger partial charge in [0.1, 0.15) is 11.9 Å². The Bertz CT molecular complexity index is 816. The molecule has 1 aromatic carbocycles. The average molecular weight is 350 g/mol. The van der Waals surface area contributed by atoms with Gasteiger partial charge in [0, 0.05) is 51.4 Å². The molecule has 6 heteroatoms. The number of amides is 2. The van der Waals surface area contributed by atoms with Crippen LogP contribution in [0.2, 0.25) is 0 Å². The molecular formula is C20H22N4O2. The Morgan fingerprint density at radius 1 is 1.00 bits per heavy atom. The molecule has 0 aliphatic carbocycles. The lowest BCUT2D eigenvalue weighted by molar-refractivity contribution is -0.134. The van der Waals surface area contributed by atoms with Crippen LogP contribution in [0, 0.1) is 0 Å². The van der Waals surface area contributed by atoms with Gasteiger partial charge in [-0.2, -0.15) is 0 Å². The minimum Gasteiger partial charge on any atom is -0.353 e. The fourth-order valence-electron chi connectivity index (χ4n) is 3.88. The molecular weight excluding hydrogens is 328 g/mol. The standard InChI is InChI=1S/C20H22N4O2/c1-15(25)24-17-7-3-2-6-16(17)14-18(24)20(26)23-12-10-22(11-13-23)19-8-4-5-9-21-19/h2-9,18H,10-14H2,1H3. The zero-order valence-electron chi connectivity index (χ0n) is 14.8. The summed E-state index contributed by atoms with van der Waals surface area (Å²) in [5.74, 6) is 0.899. The van der Waals surface area contributed by atoms with Gasteiger partial charge in [0.2, 0.25) is 11.8 Å². The van der Waals surface area contributed by atoms with Crippen molar-refractivity contribution in [3.05, 3.63) is 54.2 Å². The average Bonchev–Trinajstić information content (AvgIpc) is 3.08. The Morgan fingerprint density at radius 3 is 2.42 bits per heavy atom. The first-order valence-electron chi connectivity index (χ1n) is 8.97. The summed E-state index contributed by atoms with van der Waals surface area (Å²) in [6, 6.07) is 13.2. The fourth-order valence-corrected chi connectivity index (χ4v) is 3.88. The molecule has 2 aliphatic heterocycles. The Morgan fingerprint density at radius 2 is 1.73 bits per heavy atom. The maximum absolute atomic E-state index is 13.1. The van der Waals surface area contributed by atoms with E-state index in [0.717, 1.165) is 30.2 Å². The summed E-state index contributed by atoms with van der Waals surface area (Å²) in [7, 11) is 0. The highest BCUT2D eigenvalue weighted by Gasteiger charge is 2.39. The number of rotatable bonds is 2. The molecule has 1 atom stereocenters. The number of carbonyl (C=O) groups excluding carboxylic acids is 2. The van der Waals surface area contributed by atoms with Gasteiger partial charge in [0.05, 0.1) is 0 Å². The van der Waals surface area contributed by atoms with Crippen molar-refractivity contribution < 1.29 is 9.59 Å². The molecule has 1 unspecified atom stereocenters. The van der Waals surface area contributed by atoms with Crippen molar-refractivity contribution in [3.8, 4) is 0 Å². The smallest absolute Gasteiger partial charge is 0.246 e. The number of pyridine rings is 1. The van der Waals surface area contributed by atoms with Gasteiger partial charge in [-0.15, -0.1) is 0 Å². The third-order valence-electron chi connectivity index (χ3n) is 5.17. The molecule has 2 aliphatic rings. The van der Waals surface area contributed by atoms with Gasteiger partial charge in [-0.25, -0.2) is 4.98 Å². The molecule has 134 valence electrons. The van der Waals surface area contributed by atoms with Crippen molar-refractivity contribution in [2.75, 3.05) is 36.0 Å². The number of piperazine rings is 1. The van der Waals surface area contributed by atoms with Gasteiger partial charge < -0.3 is 9.80 Å². The van der Waals surface area contributed by atoms with E-state index < -0.39 is 6.04 Å². The van der Waals surface area contributed by atoms with Crippen LogP contribution in [0.3, 0.4) is 0 Å². The molecule has 0 bridgehead atoms. The lowest BCUT2D eigenvalue weighted by atomic mass is 10.1. The predicted octanol–water partition coefficient (Wildman–Crippen LogP) is 1.71. The van der Waals surface area contributed by atoms with Crippen LogP contribution in [-0.4, -0.2) is 53.9 Å². The topological polar surface area (TPSA) is 56.8 Å². The zero-order valence-corrected chi connectivity index (χ0v) is 14.8. The monoisotopic (exact) mass is 350 g/mol. The van der Waals surface area contributed by atoms with Gasteiger partial charge in [0.25, 0.3) is 0 Å². The van der Waals surface area contributed by atoms with E-state index in [1.165, 1.54) is 6.92 Å². The number of hydrogen-bond acceptors (Lipinski definition) is 4. The SMILES string of the molecule is CC(=O)N1c2ccccc2CC1C(=O)N1CCN(c2ccccn2)CC1. The van der Waals surface area contributed by atoms with Crippen LogP contribution in [0.5, 0.6) is 0 Å². The van der Waals surface area contributed by atoms with E-state index in [0.29, 0.717) is 19.5 Å². The first-order chi connectivity index (χ1) is 12.6. The Labute approximate surface area is 153 Å². The molecule has 2 aromatic rings. The summed E-state index contributed by atoms with van der Waals surface area (Å²) in [5, 5.41) is 0. The van der Waals surface area contributed by atoms with Crippen LogP contribution < -0.4 is 9.80 Å². The minimum absolute atomic E-state index is 0.0390. The molecule has 26 heavy (non-hydrogen) atoms. The largest absolute Gasteiger partial charge is 0.353 e. The number of carbonyl (C=O) groups is 2. The van der Waals surface area contributed by atoms with E-state index in [4.69, 9.17) is 0 Å². The summed E-state index contributed by atoms with van der Waals surface area (Å²) in [6.07, 6.45) is 2.38. The van der Waals surface area contributed by atoms with Crippen molar-refractivity contribution in [3.63, 3.8) is 0 Å². The van der Waals surface area contributed by atoms with Gasteiger partial charge in [0.15, 0.2) is 0 Å². The van der Waals surface area contributed by atoms with E-state index in [-0.39, 0.29) is 11.8 Å². The number of aromatic nitrogens is 1. The number of para-hydroxylation sites is 1. The Hall–Kier alpha value is -2.89. The molecule has 0 spiro atoms. The highest BCUT2D eigenvalue weighted by Crippen LogP contribution is 2.33. The number of nitrogens with zero attached hydrogens (tertiary/aromatic N) is 4. The van der Waals surface area contributed by atoms with Crippen LogP contribution in [0.1, 0.15) is 12.5 Å². The van der Waals surface area contributed by atoms with E-state index in [2.05, 4.69) is 9.88 Å². The molecule has 1 fully saturated rings. The second kappa shape index (κ2) is 6.78. The maximum Gasteiger partial charge on any atom is 0.246 e. The minimum atomic E-state index is -0.425. The molecule has 0 radical (unpaired) electrons. The third-order valence-corrected chi connectivity index (χ3v) is 5.17. The highest BCUT2D eigenvalue weighted by molar-refractivity contribution is 6.02. The molecule has 2 amide bonds. The number of benzene rings is 1. The van der Waals surface area contributed by atoms with Crippen LogP contribution in [0.4, 0.5) is 11.5 Å². The first kappa shape index (κ1) is 16.6. The molecule has 4 rings (SSSR count). The predicted molar refractivity (Wildman–Crippen MR) is 100 cm³/mol. The number of hydrogen-bond donors (Lipinski definition) is 0. The van der Waals surface area contributed by atoms with Crippen LogP contribution in [0.25, 0.3) is 0 Å². The van der Waals surface area contributed by atoms with Crippen LogP contribution >= 0.6 is 0 Å². The number of fused-ring (bicyclic) bond motifs is 1. The Kier molecular flexibility index (Phi) is 4.32. The Balaban J connectivity index is 1.46. The van der Waals surface area contributed by atoms with Crippen molar-refractivity contribution >= 4 is 23.3 Å². The quantitative estimate of drug-likeness (QED) is 0.827. The van der Waals surface area contributed by atoms with Crippen LogP contribution in [0.15, 0.2) is 48.7 Å². The molecule has 1 aromatic heterocycles. The summed E-state index contributed by atoms with van der Waals surface area (Å²) >= 11 is 0. The van der Waals surface area contributed by atoms with Crippen molar-refractivity contribution in [2.45, 2.75) is 19.4 Å². The third kappa shape index (κ3) is 2.92. The highest BCUT2D eigenvalue weighted by atomic mass is 16.2. The zero-order chi connectivity index (χ0) is 18.1. The number of anilines is 2. The van der Waals surface area contributed by atoms with Crippen molar-refractivity contribution in [1.82, 2.24) is 9.88 Å². The lowest BCUT2D eigenvalue weighted by Gasteiger charge is -2.37. The summed E-state index contributed by atoms with van der Waals surface area (Å²) in [6.45, 7) is 4.33. The van der Waals surface area contributed by atoms with E-state index >= 15 is 0 Å². The second-order valence-corrected chi connectivity index (χ2v) is 6.74. The van der Waals surface area contributed by atoms with Gasteiger partial charge in [-0.1, -0.05) is 24.3 Å². The van der Waals surface area contributed by atoms with E-state index in [1.807, 2.05) is 47.4 Å².